The normalized spacial score (nSPS) is 11.5. The first kappa shape index (κ1) is 17.6. The number of nitrogens with zero attached hydrogens (tertiary/aromatic N) is 1. The van der Waals surface area contributed by atoms with E-state index in [1.807, 2.05) is 0 Å². The molecule has 1 N–H and O–H groups in total. The molecular weight excluding hydrogens is 291 g/mol. The molecule has 1 rings (SSSR count). The predicted octanol–water partition coefficient (Wildman–Crippen LogP) is 3.66. The van der Waals surface area contributed by atoms with Crippen LogP contribution < -0.4 is 5.32 Å². The van der Waals surface area contributed by atoms with Gasteiger partial charge in [-0.3, -0.25) is 10.1 Å². The van der Waals surface area contributed by atoms with Crippen LogP contribution in [0, 0.1) is 15.9 Å². The van der Waals surface area contributed by atoms with Gasteiger partial charge >= 0.3 is 6.09 Å². The molecule has 0 bridgehead atoms. The molecule has 0 radical (unpaired) electrons. The molecule has 0 heterocycles. The topological polar surface area (TPSA) is 81.5 Å². The molecule has 0 saturated carbocycles. The number of halogens is 1. The van der Waals surface area contributed by atoms with Gasteiger partial charge in [0, 0.05) is 12.6 Å². The minimum absolute atomic E-state index is 0.300. The molecule has 1 aromatic carbocycles. The molecule has 0 spiro atoms. The Bertz CT molecular complexity index is 579. The summed E-state index contributed by atoms with van der Waals surface area (Å²) in [5.41, 5.74) is -0.462. The second-order valence-corrected chi connectivity index (χ2v) is 5.62. The quantitative estimate of drug-likeness (QED) is 0.511. The number of benzene rings is 1. The highest BCUT2D eigenvalue weighted by molar-refractivity contribution is 5.67. The fraction of sp³-hybridized carbons (Fsp3) is 0.400. The zero-order valence-electron chi connectivity index (χ0n) is 12.8. The van der Waals surface area contributed by atoms with E-state index in [2.05, 4.69) is 5.32 Å². The van der Waals surface area contributed by atoms with Gasteiger partial charge in [-0.25, -0.2) is 9.18 Å². The minimum atomic E-state index is -0.666. The maximum Gasteiger partial charge on any atom is 0.407 e. The second-order valence-electron chi connectivity index (χ2n) is 5.62. The van der Waals surface area contributed by atoms with Gasteiger partial charge in [0.25, 0.3) is 5.69 Å². The molecule has 0 unspecified atom stereocenters. The number of non-ortho nitro benzene ring substituents is 1. The van der Waals surface area contributed by atoms with Gasteiger partial charge in [0.2, 0.25) is 0 Å². The van der Waals surface area contributed by atoms with Gasteiger partial charge in [0.15, 0.2) is 0 Å². The number of hydrogen-bond donors (Lipinski definition) is 1. The molecule has 22 heavy (non-hydrogen) atoms. The zero-order chi connectivity index (χ0) is 16.8. The fourth-order valence-electron chi connectivity index (χ4n) is 1.59. The number of alkyl carbamates (subject to hydrolysis) is 1. The molecule has 0 aromatic heterocycles. The van der Waals surface area contributed by atoms with Crippen molar-refractivity contribution in [2.75, 3.05) is 6.54 Å². The fourth-order valence-corrected chi connectivity index (χ4v) is 1.59. The van der Waals surface area contributed by atoms with Crippen LogP contribution in [-0.4, -0.2) is 23.2 Å². The Morgan fingerprint density at radius 2 is 2.09 bits per heavy atom. The van der Waals surface area contributed by atoms with Crippen LogP contribution in [0.4, 0.5) is 14.9 Å². The Hall–Kier alpha value is -2.44. The Balaban J connectivity index is 2.47. The van der Waals surface area contributed by atoms with Crippen LogP contribution in [0.25, 0.3) is 6.08 Å². The number of ether oxygens (including phenoxy) is 1. The van der Waals surface area contributed by atoms with Crippen molar-refractivity contribution in [3.05, 3.63) is 45.8 Å². The molecule has 0 fully saturated rings. The Morgan fingerprint density at radius 3 is 2.68 bits per heavy atom. The van der Waals surface area contributed by atoms with Crippen LogP contribution in [0.15, 0.2) is 24.3 Å². The summed E-state index contributed by atoms with van der Waals surface area (Å²) in [4.78, 5) is 21.3. The van der Waals surface area contributed by atoms with Gasteiger partial charge in [-0.2, -0.15) is 0 Å². The lowest BCUT2D eigenvalue weighted by Gasteiger charge is -2.19. The SMILES string of the molecule is CC(C)(C)OC(=O)NCCC=Cc1cc(F)cc([N+](=O)[O-])c1. The third kappa shape index (κ3) is 6.83. The average Bonchev–Trinajstić information content (AvgIpc) is 2.35. The van der Waals surface area contributed by atoms with Crippen LogP contribution in [0.5, 0.6) is 0 Å². The number of carbonyl (C=O) groups is 1. The van der Waals surface area contributed by atoms with Crippen molar-refractivity contribution in [3.63, 3.8) is 0 Å². The van der Waals surface area contributed by atoms with Crippen molar-refractivity contribution in [2.24, 2.45) is 0 Å². The molecule has 1 aromatic rings. The first-order chi connectivity index (χ1) is 10.2. The van der Waals surface area contributed by atoms with E-state index in [9.17, 15) is 19.3 Å². The summed E-state index contributed by atoms with van der Waals surface area (Å²) in [6.45, 7) is 5.65. The lowest BCUT2D eigenvalue weighted by molar-refractivity contribution is -0.385. The molecule has 6 nitrogen and oxygen atoms in total. The van der Waals surface area contributed by atoms with Crippen LogP contribution in [0.1, 0.15) is 32.8 Å². The van der Waals surface area contributed by atoms with E-state index in [0.717, 1.165) is 6.07 Å². The average molecular weight is 310 g/mol. The van der Waals surface area contributed by atoms with Crippen LogP contribution in [0.2, 0.25) is 0 Å². The van der Waals surface area contributed by atoms with E-state index < -0.39 is 22.4 Å². The summed E-state index contributed by atoms with van der Waals surface area (Å²) in [7, 11) is 0. The number of nitro benzene ring substituents is 1. The minimum Gasteiger partial charge on any atom is -0.444 e. The van der Waals surface area contributed by atoms with E-state index in [1.54, 1.807) is 32.9 Å². The van der Waals surface area contributed by atoms with Crippen molar-refractivity contribution in [1.29, 1.82) is 0 Å². The second kappa shape index (κ2) is 7.53. The molecular formula is C15H19FN2O4. The van der Waals surface area contributed by atoms with Gasteiger partial charge in [0.05, 0.1) is 11.0 Å². The van der Waals surface area contributed by atoms with Crippen molar-refractivity contribution >= 4 is 17.9 Å². The van der Waals surface area contributed by atoms with Crippen molar-refractivity contribution in [2.45, 2.75) is 32.8 Å². The predicted molar refractivity (Wildman–Crippen MR) is 80.9 cm³/mol. The van der Waals surface area contributed by atoms with E-state index in [0.29, 0.717) is 18.5 Å². The Morgan fingerprint density at radius 1 is 1.41 bits per heavy atom. The van der Waals surface area contributed by atoms with Crippen molar-refractivity contribution in [1.82, 2.24) is 5.32 Å². The smallest absolute Gasteiger partial charge is 0.407 e. The maximum absolute atomic E-state index is 13.2. The monoisotopic (exact) mass is 310 g/mol. The van der Waals surface area contributed by atoms with E-state index >= 15 is 0 Å². The van der Waals surface area contributed by atoms with E-state index in [1.165, 1.54) is 12.1 Å². The standard InChI is InChI=1S/C15H19FN2O4/c1-15(2,3)22-14(19)17-7-5-4-6-11-8-12(16)10-13(9-11)18(20)21/h4,6,8-10H,5,7H2,1-3H3,(H,17,19). The molecule has 0 saturated heterocycles. The highest BCUT2D eigenvalue weighted by atomic mass is 19.1. The Kier molecular flexibility index (Phi) is 6.03. The number of carbonyl (C=O) groups excluding carboxylic acids is 1. The van der Waals surface area contributed by atoms with Crippen molar-refractivity contribution in [3.8, 4) is 0 Å². The lowest BCUT2D eigenvalue weighted by atomic mass is 10.1. The number of amides is 1. The highest BCUT2D eigenvalue weighted by Crippen LogP contribution is 2.17. The highest BCUT2D eigenvalue weighted by Gasteiger charge is 2.15. The van der Waals surface area contributed by atoms with Gasteiger partial charge in [-0.1, -0.05) is 12.2 Å². The van der Waals surface area contributed by atoms with Crippen LogP contribution >= 0.6 is 0 Å². The number of nitrogens with one attached hydrogen (secondary N) is 1. The largest absolute Gasteiger partial charge is 0.444 e. The third-order valence-corrected chi connectivity index (χ3v) is 2.41. The molecule has 7 heteroatoms. The summed E-state index contributed by atoms with van der Waals surface area (Å²) in [5.74, 6) is -0.666. The molecule has 1 amide bonds. The van der Waals surface area contributed by atoms with Gasteiger partial charge < -0.3 is 10.1 Å². The van der Waals surface area contributed by atoms with Gasteiger partial charge in [0.1, 0.15) is 11.4 Å². The zero-order valence-corrected chi connectivity index (χ0v) is 12.8. The summed E-state index contributed by atoms with van der Waals surface area (Å²) in [6, 6.07) is 3.34. The van der Waals surface area contributed by atoms with Crippen molar-refractivity contribution < 1.29 is 18.8 Å². The number of rotatable bonds is 5. The summed E-state index contributed by atoms with van der Waals surface area (Å²) >= 11 is 0. The molecule has 0 aliphatic rings. The molecule has 0 aliphatic carbocycles. The Labute approximate surface area is 128 Å². The maximum atomic E-state index is 13.2. The molecule has 0 aliphatic heterocycles. The van der Waals surface area contributed by atoms with Gasteiger partial charge in [-0.05, 0) is 38.8 Å². The first-order valence-corrected chi connectivity index (χ1v) is 6.76. The summed E-state index contributed by atoms with van der Waals surface area (Å²) in [6.07, 6.45) is 3.23. The van der Waals surface area contributed by atoms with Crippen LogP contribution in [-0.2, 0) is 4.74 Å². The molecule has 120 valence electrons. The van der Waals surface area contributed by atoms with E-state index in [4.69, 9.17) is 4.74 Å². The molecule has 0 atom stereocenters. The van der Waals surface area contributed by atoms with E-state index in [-0.39, 0.29) is 5.69 Å². The van der Waals surface area contributed by atoms with Gasteiger partial charge in [-0.15, -0.1) is 0 Å². The first-order valence-electron chi connectivity index (χ1n) is 6.76. The van der Waals surface area contributed by atoms with Crippen LogP contribution in [0.3, 0.4) is 0 Å². The lowest BCUT2D eigenvalue weighted by Crippen LogP contribution is -2.32. The number of hydrogen-bond acceptors (Lipinski definition) is 4. The third-order valence-electron chi connectivity index (χ3n) is 2.41. The summed E-state index contributed by atoms with van der Waals surface area (Å²) in [5, 5.41) is 13.2. The number of nitro groups is 1. The summed E-state index contributed by atoms with van der Waals surface area (Å²) < 4.78 is 18.3.